The average Bonchev–Trinajstić information content (AvgIpc) is 2.43. The van der Waals surface area contributed by atoms with E-state index in [-0.39, 0.29) is 15.8 Å². The van der Waals surface area contributed by atoms with Crippen molar-refractivity contribution in [2.24, 2.45) is 0 Å². The maximum absolute atomic E-state index is 13.8. The first kappa shape index (κ1) is 15.4. The van der Waals surface area contributed by atoms with Crippen LogP contribution in [-0.2, 0) is 0 Å². The van der Waals surface area contributed by atoms with E-state index in [1.54, 1.807) is 0 Å². The number of alkyl halides is 1. The lowest BCUT2D eigenvalue weighted by atomic mass is 10.0. The van der Waals surface area contributed by atoms with E-state index in [0.29, 0.717) is 5.56 Å². The second-order valence-corrected chi connectivity index (χ2v) is 5.78. The van der Waals surface area contributed by atoms with E-state index in [0.717, 1.165) is 6.07 Å². The summed E-state index contributed by atoms with van der Waals surface area (Å²) in [6.45, 7) is 0. The third-order valence-corrected chi connectivity index (χ3v) is 4.39. The van der Waals surface area contributed by atoms with E-state index in [1.807, 2.05) is 0 Å². The molecule has 1 nitrogen and oxygen atoms in total. The van der Waals surface area contributed by atoms with Crippen LogP contribution in [0.3, 0.4) is 0 Å². The van der Waals surface area contributed by atoms with Gasteiger partial charge in [0.1, 0.15) is 11.6 Å². The zero-order valence-electron chi connectivity index (χ0n) is 10.3. The number of benzene rings is 2. The summed E-state index contributed by atoms with van der Waals surface area (Å²) in [5.41, 5.74) is 0.604. The monoisotopic (exact) mass is 408 g/mol. The predicted octanol–water partition coefficient (Wildman–Crippen LogP) is 5.36. The highest BCUT2D eigenvalue weighted by molar-refractivity contribution is 9.10. The van der Waals surface area contributed by atoms with Crippen LogP contribution in [0, 0.1) is 17.5 Å². The highest BCUT2D eigenvalue weighted by atomic mass is 79.9. The van der Waals surface area contributed by atoms with Crippen molar-refractivity contribution in [2.45, 2.75) is 4.83 Å². The molecular formula is C14H9Br2F3O. The molecular weight excluding hydrogens is 401 g/mol. The molecule has 1 unspecified atom stereocenters. The van der Waals surface area contributed by atoms with Gasteiger partial charge in [-0.05, 0) is 28.1 Å². The molecule has 0 aliphatic carbocycles. The summed E-state index contributed by atoms with van der Waals surface area (Å²) in [5, 5.41) is 0. The average molecular weight is 410 g/mol. The van der Waals surface area contributed by atoms with Crippen molar-refractivity contribution in [3.8, 4) is 5.75 Å². The molecule has 1 atom stereocenters. The van der Waals surface area contributed by atoms with Crippen LogP contribution < -0.4 is 4.74 Å². The van der Waals surface area contributed by atoms with Gasteiger partial charge >= 0.3 is 0 Å². The quantitative estimate of drug-likeness (QED) is 0.620. The lowest BCUT2D eigenvalue weighted by molar-refractivity contribution is 0.406. The van der Waals surface area contributed by atoms with E-state index in [4.69, 9.17) is 4.74 Å². The van der Waals surface area contributed by atoms with Crippen molar-refractivity contribution in [2.75, 3.05) is 7.11 Å². The van der Waals surface area contributed by atoms with Crippen molar-refractivity contribution < 1.29 is 17.9 Å². The van der Waals surface area contributed by atoms with Gasteiger partial charge in [0.2, 0.25) is 0 Å². The van der Waals surface area contributed by atoms with E-state index in [9.17, 15) is 13.2 Å². The van der Waals surface area contributed by atoms with Gasteiger partial charge in [0.25, 0.3) is 0 Å². The Bertz CT molecular complexity index is 647. The Labute approximate surface area is 131 Å². The summed E-state index contributed by atoms with van der Waals surface area (Å²) in [7, 11) is 1.38. The van der Waals surface area contributed by atoms with Gasteiger partial charge < -0.3 is 4.74 Å². The van der Waals surface area contributed by atoms with Gasteiger partial charge in [-0.25, -0.2) is 13.2 Å². The predicted molar refractivity (Wildman–Crippen MR) is 77.8 cm³/mol. The Morgan fingerprint density at radius 1 is 1.05 bits per heavy atom. The topological polar surface area (TPSA) is 9.23 Å². The summed E-state index contributed by atoms with van der Waals surface area (Å²) in [5.74, 6) is -2.13. The molecule has 0 saturated carbocycles. The molecule has 2 aromatic carbocycles. The van der Waals surface area contributed by atoms with Crippen molar-refractivity contribution >= 4 is 31.9 Å². The van der Waals surface area contributed by atoms with Crippen LogP contribution in [0.2, 0.25) is 0 Å². The Morgan fingerprint density at radius 2 is 1.75 bits per heavy atom. The highest BCUT2D eigenvalue weighted by Gasteiger charge is 2.22. The van der Waals surface area contributed by atoms with Crippen LogP contribution in [0.25, 0.3) is 0 Å². The number of ether oxygens (including phenoxy) is 1. The number of methoxy groups -OCH3 is 1. The van der Waals surface area contributed by atoms with Crippen LogP contribution in [-0.4, -0.2) is 7.11 Å². The molecule has 0 amide bonds. The van der Waals surface area contributed by atoms with Gasteiger partial charge in [0.15, 0.2) is 11.6 Å². The van der Waals surface area contributed by atoms with Gasteiger partial charge in [0, 0.05) is 17.2 Å². The molecule has 0 saturated heterocycles. The Balaban J connectivity index is 2.55. The summed E-state index contributed by atoms with van der Waals surface area (Å²) in [4.78, 5) is -0.662. The van der Waals surface area contributed by atoms with Gasteiger partial charge in [0.05, 0.1) is 16.4 Å². The Hall–Kier alpha value is -1.01. The van der Waals surface area contributed by atoms with Crippen LogP contribution in [0.15, 0.2) is 34.8 Å². The lowest BCUT2D eigenvalue weighted by Gasteiger charge is -2.16. The third-order valence-electron chi connectivity index (χ3n) is 2.80. The Kier molecular flexibility index (Phi) is 4.75. The number of hydrogen-bond acceptors (Lipinski definition) is 1. The molecule has 20 heavy (non-hydrogen) atoms. The van der Waals surface area contributed by atoms with Crippen molar-refractivity contribution in [3.05, 3.63) is 63.4 Å². The summed E-state index contributed by atoms with van der Waals surface area (Å²) >= 11 is 6.36. The largest absolute Gasteiger partial charge is 0.496 e. The second kappa shape index (κ2) is 6.18. The van der Waals surface area contributed by atoms with E-state index >= 15 is 0 Å². The molecule has 0 bridgehead atoms. The first-order valence-electron chi connectivity index (χ1n) is 5.56. The maximum Gasteiger partial charge on any atom is 0.163 e. The summed E-state index contributed by atoms with van der Waals surface area (Å²) in [6, 6.07) is 6.56. The highest BCUT2D eigenvalue weighted by Crippen LogP contribution is 2.40. The fourth-order valence-electron chi connectivity index (χ4n) is 1.80. The maximum atomic E-state index is 13.8. The van der Waals surface area contributed by atoms with Crippen LogP contribution in [0.5, 0.6) is 5.75 Å². The fourth-order valence-corrected chi connectivity index (χ4v) is 2.88. The van der Waals surface area contributed by atoms with Crippen LogP contribution in [0.4, 0.5) is 13.2 Å². The summed E-state index contributed by atoms with van der Waals surface area (Å²) in [6.07, 6.45) is 0. The van der Waals surface area contributed by atoms with Gasteiger partial charge in [-0.15, -0.1) is 0 Å². The molecule has 0 spiro atoms. The van der Waals surface area contributed by atoms with E-state index in [1.165, 1.54) is 31.4 Å². The SMILES string of the molecule is COc1cc(F)c(Br)cc1C(Br)c1cccc(F)c1F. The van der Waals surface area contributed by atoms with Crippen molar-refractivity contribution in [1.82, 2.24) is 0 Å². The van der Waals surface area contributed by atoms with Crippen molar-refractivity contribution in [3.63, 3.8) is 0 Å². The molecule has 0 aliphatic heterocycles. The zero-order chi connectivity index (χ0) is 14.9. The van der Waals surface area contributed by atoms with Gasteiger partial charge in [-0.2, -0.15) is 0 Å². The van der Waals surface area contributed by atoms with E-state index in [2.05, 4.69) is 31.9 Å². The first-order valence-corrected chi connectivity index (χ1v) is 7.27. The number of halogens is 5. The molecule has 0 aromatic heterocycles. The first-order chi connectivity index (χ1) is 9.45. The molecule has 106 valence electrons. The van der Waals surface area contributed by atoms with E-state index < -0.39 is 22.3 Å². The molecule has 0 fully saturated rings. The van der Waals surface area contributed by atoms with Gasteiger partial charge in [-0.1, -0.05) is 28.1 Å². The fraction of sp³-hybridized carbons (Fsp3) is 0.143. The van der Waals surface area contributed by atoms with Crippen LogP contribution >= 0.6 is 31.9 Å². The molecule has 2 rings (SSSR count). The second-order valence-electron chi connectivity index (χ2n) is 4.01. The minimum absolute atomic E-state index is 0.113. The molecule has 6 heteroatoms. The normalized spacial score (nSPS) is 12.3. The molecule has 0 heterocycles. The molecule has 0 radical (unpaired) electrons. The summed E-state index contributed by atoms with van der Waals surface area (Å²) < 4.78 is 45.9. The lowest BCUT2D eigenvalue weighted by Crippen LogP contribution is -2.02. The standard InChI is InChI=1S/C14H9Br2F3O/c1-20-12-6-11(18)9(15)5-8(12)13(16)7-3-2-4-10(17)14(7)19/h2-6,13H,1H3. The molecule has 0 N–H and O–H groups in total. The minimum atomic E-state index is -0.947. The smallest absolute Gasteiger partial charge is 0.163 e. The Morgan fingerprint density at radius 3 is 2.40 bits per heavy atom. The molecule has 2 aromatic rings. The minimum Gasteiger partial charge on any atom is -0.496 e. The number of hydrogen-bond donors (Lipinski definition) is 0. The zero-order valence-corrected chi connectivity index (χ0v) is 13.4. The third kappa shape index (κ3) is 2.86. The van der Waals surface area contributed by atoms with Gasteiger partial charge in [-0.3, -0.25) is 0 Å². The number of rotatable bonds is 3. The van der Waals surface area contributed by atoms with Crippen LogP contribution in [0.1, 0.15) is 16.0 Å². The molecule has 0 aliphatic rings. The van der Waals surface area contributed by atoms with Crippen molar-refractivity contribution in [1.29, 1.82) is 0 Å².